The van der Waals surface area contributed by atoms with Gasteiger partial charge in [-0.1, -0.05) is 29.3 Å². The van der Waals surface area contributed by atoms with Gasteiger partial charge in [-0.3, -0.25) is 4.79 Å². The first-order chi connectivity index (χ1) is 10.1. The molecule has 0 unspecified atom stereocenters. The molecule has 0 atom stereocenters. The highest BCUT2D eigenvalue weighted by Gasteiger charge is 2.24. The Morgan fingerprint density at radius 1 is 1.24 bits per heavy atom. The van der Waals surface area contributed by atoms with E-state index in [1.54, 1.807) is 23.1 Å². The van der Waals surface area contributed by atoms with Crippen molar-refractivity contribution in [2.24, 2.45) is 0 Å². The SMILES string of the molecule is Cc1ccc2c(c1)CCCN2C(=O)c1cc(Cl)ccc1N. The van der Waals surface area contributed by atoms with Crippen LogP contribution in [0, 0.1) is 6.92 Å². The Morgan fingerprint density at radius 3 is 2.86 bits per heavy atom. The number of benzene rings is 2. The molecule has 1 aliphatic heterocycles. The van der Waals surface area contributed by atoms with E-state index in [2.05, 4.69) is 13.0 Å². The molecule has 2 aromatic carbocycles. The first-order valence-electron chi connectivity index (χ1n) is 7.02. The fourth-order valence-electron chi connectivity index (χ4n) is 2.80. The van der Waals surface area contributed by atoms with Crippen LogP contribution in [0.4, 0.5) is 11.4 Å². The molecule has 1 aliphatic rings. The van der Waals surface area contributed by atoms with Gasteiger partial charge in [-0.25, -0.2) is 0 Å². The zero-order chi connectivity index (χ0) is 15.0. The fourth-order valence-corrected chi connectivity index (χ4v) is 2.97. The van der Waals surface area contributed by atoms with Gasteiger partial charge in [0.15, 0.2) is 0 Å². The summed E-state index contributed by atoms with van der Waals surface area (Å²) in [6.45, 7) is 2.77. The summed E-state index contributed by atoms with van der Waals surface area (Å²) in [4.78, 5) is 14.6. The molecule has 0 saturated heterocycles. The van der Waals surface area contributed by atoms with Crippen molar-refractivity contribution in [1.82, 2.24) is 0 Å². The van der Waals surface area contributed by atoms with E-state index in [1.807, 2.05) is 12.1 Å². The van der Waals surface area contributed by atoms with Crippen molar-refractivity contribution in [3.05, 3.63) is 58.1 Å². The van der Waals surface area contributed by atoms with Gasteiger partial charge >= 0.3 is 0 Å². The van der Waals surface area contributed by atoms with Gasteiger partial charge in [0.25, 0.3) is 5.91 Å². The van der Waals surface area contributed by atoms with Crippen molar-refractivity contribution >= 4 is 28.9 Å². The molecule has 108 valence electrons. The number of hydrogen-bond acceptors (Lipinski definition) is 2. The second-order valence-corrected chi connectivity index (χ2v) is 5.86. The molecule has 0 aliphatic carbocycles. The van der Waals surface area contributed by atoms with Crippen molar-refractivity contribution < 1.29 is 4.79 Å². The third-order valence-corrected chi connectivity index (χ3v) is 4.08. The maximum absolute atomic E-state index is 12.8. The number of carbonyl (C=O) groups is 1. The van der Waals surface area contributed by atoms with Gasteiger partial charge in [0.2, 0.25) is 0 Å². The molecular formula is C17H17ClN2O. The van der Waals surface area contributed by atoms with Crippen LogP contribution in [0.15, 0.2) is 36.4 Å². The van der Waals surface area contributed by atoms with Crippen molar-refractivity contribution in [2.75, 3.05) is 17.2 Å². The van der Waals surface area contributed by atoms with E-state index in [0.29, 0.717) is 22.8 Å². The number of nitrogen functional groups attached to an aromatic ring is 1. The summed E-state index contributed by atoms with van der Waals surface area (Å²) in [7, 11) is 0. The number of anilines is 2. The molecule has 1 amide bonds. The molecule has 2 N–H and O–H groups in total. The smallest absolute Gasteiger partial charge is 0.260 e. The number of carbonyl (C=O) groups excluding carboxylic acids is 1. The van der Waals surface area contributed by atoms with Crippen LogP contribution in [0.3, 0.4) is 0 Å². The number of nitrogens with zero attached hydrogens (tertiary/aromatic N) is 1. The van der Waals surface area contributed by atoms with Crippen LogP contribution in [0.1, 0.15) is 27.9 Å². The highest BCUT2D eigenvalue weighted by Crippen LogP contribution is 2.30. The molecule has 0 saturated carbocycles. The Morgan fingerprint density at radius 2 is 2.05 bits per heavy atom. The van der Waals surface area contributed by atoms with Crippen LogP contribution in [0.5, 0.6) is 0 Å². The minimum atomic E-state index is -0.0835. The highest BCUT2D eigenvalue weighted by molar-refractivity contribution is 6.31. The van der Waals surface area contributed by atoms with Gasteiger partial charge in [-0.15, -0.1) is 0 Å². The zero-order valence-electron chi connectivity index (χ0n) is 11.9. The average molecular weight is 301 g/mol. The fraction of sp³-hybridized carbons (Fsp3) is 0.235. The Hall–Kier alpha value is -2.00. The molecule has 0 aromatic heterocycles. The third kappa shape index (κ3) is 2.61. The van der Waals surface area contributed by atoms with Crippen LogP contribution in [0.25, 0.3) is 0 Å². The predicted octanol–water partition coefficient (Wildman–Crippen LogP) is 3.82. The van der Waals surface area contributed by atoms with E-state index in [-0.39, 0.29) is 5.91 Å². The number of aryl methyl sites for hydroxylation is 2. The number of hydrogen-bond donors (Lipinski definition) is 1. The first-order valence-corrected chi connectivity index (χ1v) is 7.40. The van der Waals surface area contributed by atoms with Crippen molar-refractivity contribution in [3.63, 3.8) is 0 Å². The van der Waals surface area contributed by atoms with Crippen molar-refractivity contribution in [3.8, 4) is 0 Å². The number of fused-ring (bicyclic) bond motifs is 1. The monoisotopic (exact) mass is 300 g/mol. The Bertz CT molecular complexity index is 712. The van der Waals surface area contributed by atoms with E-state index >= 15 is 0 Å². The van der Waals surface area contributed by atoms with Gasteiger partial charge in [0.05, 0.1) is 5.56 Å². The van der Waals surface area contributed by atoms with E-state index in [1.165, 1.54) is 11.1 Å². The number of halogens is 1. The van der Waals surface area contributed by atoms with Gasteiger partial charge in [0, 0.05) is 22.9 Å². The van der Waals surface area contributed by atoms with E-state index in [0.717, 1.165) is 18.5 Å². The topological polar surface area (TPSA) is 46.3 Å². The van der Waals surface area contributed by atoms with Crippen LogP contribution in [-0.4, -0.2) is 12.5 Å². The number of rotatable bonds is 1. The lowest BCUT2D eigenvalue weighted by Gasteiger charge is -2.30. The van der Waals surface area contributed by atoms with Crippen LogP contribution < -0.4 is 10.6 Å². The molecule has 2 aromatic rings. The molecule has 0 radical (unpaired) electrons. The lowest BCUT2D eigenvalue weighted by molar-refractivity contribution is 0.0986. The van der Waals surface area contributed by atoms with Gasteiger partial charge < -0.3 is 10.6 Å². The molecule has 4 heteroatoms. The summed E-state index contributed by atoms with van der Waals surface area (Å²) in [5.74, 6) is -0.0835. The van der Waals surface area contributed by atoms with Crippen molar-refractivity contribution in [2.45, 2.75) is 19.8 Å². The summed E-state index contributed by atoms with van der Waals surface area (Å²) >= 11 is 5.99. The second-order valence-electron chi connectivity index (χ2n) is 5.42. The Balaban J connectivity index is 2.02. The third-order valence-electron chi connectivity index (χ3n) is 3.84. The number of amides is 1. The van der Waals surface area contributed by atoms with Crippen molar-refractivity contribution in [1.29, 1.82) is 0 Å². The molecule has 0 fully saturated rings. The normalized spacial score (nSPS) is 13.9. The summed E-state index contributed by atoms with van der Waals surface area (Å²) < 4.78 is 0. The molecule has 1 heterocycles. The van der Waals surface area contributed by atoms with Gasteiger partial charge in [-0.2, -0.15) is 0 Å². The second kappa shape index (κ2) is 5.41. The molecule has 3 rings (SSSR count). The zero-order valence-corrected chi connectivity index (χ0v) is 12.7. The summed E-state index contributed by atoms with van der Waals surface area (Å²) in [5.41, 5.74) is 10.3. The summed E-state index contributed by atoms with van der Waals surface area (Å²) in [6, 6.07) is 11.2. The highest BCUT2D eigenvalue weighted by atomic mass is 35.5. The summed E-state index contributed by atoms with van der Waals surface area (Å²) in [6.07, 6.45) is 1.97. The molecule has 21 heavy (non-hydrogen) atoms. The van der Waals surface area contributed by atoms with E-state index in [4.69, 9.17) is 17.3 Å². The molecule has 0 spiro atoms. The predicted molar refractivity (Wildman–Crippen MR) is 87.0 cm³/mol. The van der Waals surface area contributed by atoms with Gasteiger partial charge in [0.1, 0.15) is 0 Å². The van der Waals surface area contributed by atoms with E-state index < -0.39 is 0 Å². The molecule has 3 nitrogen and oxygen atoms in total. The summed E-state index contributed by atoms with van der Waals surface area (Å²) in [5, 5.41) is 0.522. The lowest BCUT2D eigenvalue weighted by Crippen LogP contribution is -2.35. The number of nitrogens with two attached hydrogens (primary N) is 1. The van der Waals surface area contributed by atoms with E-state index in [9.17, 15) is 4.79 Å². The van der Waals surface area contributed by atoms with Crippen LogP contribution in [0.2, 0.25) is 5.02 Å². The lowest BCUT2D eigenvalue weighted by atomic mass is 9.98. The van der Waals surface area contributed by atoms with Gasteiger partial charge in [-0.05, 0) is 49.6 Å². The Labute approximate surface area is 129 Å². The van der Waals surface area contributed by atoms with Crippen LogP contribution in [-0.2, 0) is 6.42 Å². The van der Waals surface area contributed by atoms with Crippen LogP contribution >= 0.6 is 11.6 Å². The first kappa shape index (κ1) is 14.0. The maximum atomic E-state index is 12.8. The largest absolute Gasteiger partial charge is 0.398 e. The quantitative estimate of drug-likeness (QED) is 0.814. The standard InChI is InChI=1S/C17H17ClN2O/c1-11-4-7-16-12(9-11)3-2-8-20(16)17(21)14-10-13(18)5-6-15(14)19/h4-7,9-10H,2-3,8,19H2,1H3. The minimum absolute atomic E-state index is 0.0835. The average Bonchev–Trinajstić information content (AvgIpc) is 2.48. The minimum Gasteiger partial charge on any atom is -0.398 e. The maximum Gasteiger partial charge on any atom is 0.260 e. The Kier molecular flexibility index (Phi) is 3.60. The molecular weight excluding hydrogens is 284 g/mol. The molecule has 0 bridgehead atoms.